The number of anilines is 3. The number of aromatic nitrogens is 3. The van der Waals surface area contributed by atoms with Crippen molar-refractivity contribution in [1.82, 2.24) is 24.3 Å². The number of hydrogen-bond acceptors (Lipinski definition) is 7. The minimum Gasteiger partial charge on any atom is -0.365 e. The molecule has 10 nitrogen and oxygen atoms in total. The molecule has 0 aliphatic carbocycles. The van der Waals surface area contributed by atoms with Crippen LogP contribution in [0.5, 0.6) is 0 Å². The van der Waals surface area contributed by atoms with Crippen molar-refractivity contribution in [3.05, 3.63) is 65.6 Å². The molecule has 2 aromatic heterocycles. The topological polar surface area (TPSA) is 104 Å². The lowest BCUT2D eigenvalue weighted by Gasteiger charge is -2.41. The van der Waals surface area contributed by atoms with Crippen LogP contribution in [0.2, 0.25) is 0 Å². The van der Waals surface area contributed by atoms with Gasteiger partial charge in [-0.05, 0) is 55.7 Å². The number of aryl methyl sites for hydroxylation is 1. The largest absolute Gasteiger partial charge is 0.365 e. The predicted molar refractivity (Wildman–Crippen MR) is 159 cm³/mol. The average molecular weight is 546 g/mol. The highest BCUT2D eigenvalue weighted by molar-refractivity contribution is 5.87. The third-order valence-electron chi connectivity index (χ3n) is 7.46. The van der Waals surface area contributed by atoms with Crippen molar-refractivity contribution in [2.24, 2.45) is 5.92 Å². The zero-order chi connectivity index (χ0) is 28.8. The standard InChI is InChI=1S/C28H33N7O3.C2H6/c1-4-25(37)33-17-21(18-33)11-12-35-26(38)10-5-22-15-29-28(31-27(22)35)30-23-6-8-24(9-7-23)34-14-13-32(20(3)36)16-19(34)2;1-2/h4-10,15,19,21H,1,11-14,16-18H2,2-3H3,(H,29,30,31);1-2H3. The zero-order valence-corrected chi connectivity index (χ0v) is 23.8. The van der Waals surface area contributed by atoms with E-state index in [9.17, 15) is 14.4 Å². The van der Waals surface area contributed by atoms with Crippen molar-refractivity contribution >= 4 is 40.2 Å². The third kappa shape index (κ3) is 6.32. The van der Waals surface area contributed by atoms with Crippen molar-refractivity contribution in [1.29, 1.82) is 0 Å². The summed E-state index contributed by atoms with van der Waals surface area (Å²) in [7, 11) is 0. The summed E-state index contributed by atoms with van der Waals surface area (Å²) < 4.78 is 1.69. The normalized spacial score (nSPS) is 17.1. The number of rotatable bonds is 7. The molecule has 4 heterocycles. The van der Waals surface area contributed by atoms with Crippen LogP contribution in [0.25, 0.3) is 11.0 Å². The maximum Gasteiger partial charge on any atom is 0.252 e. The summed E-state index contributed by atoms with van der Waals surface area (Å²) in [6.45, 7) is 15.4. The first-order chi connectivity index (χ1) is 19.3. The lowest BCUT2D eigenvalue weighted by molar-refractivity contribution is -0.132. The van der Waals surface area contributed by atoms with Gasteiger partial charge in [0.05, 0.1) is 0 Å². The fourth-order valence-corrected chi connectivity index (χ4v) is 5.21. The highest BCUT2D eigenvalue weighted by atomic mass is 16.2. The average Bonchev–Trinajstić information content (AvgIpc) is 2.94. The summed E-state index contributed by atoms with van der Waals surface area (Å²) in [6, 6.07) is 11.6. The molecule has 1 aromatic carbocycles. The van der Waals surface area contributed by atoms with E-state index < -0.39 is 0 Å². The maximum absolute atomic E-state index is 12.7. The van der Waals surface area contributed by atoms with Crippen molar-refractivity contribution in [3.8, 4) is 0 Å². The number of benzene rings is 1. The van der Waals surface area contributed by atoms with Crippen LogP contribution in [0.1, 0.15) is 34.1 Å². The lowest BCUT2D eigenvalue weighted by atomic mass is 9.96. The highest BCUT2D eigenvalue weighted by Gasteiger charge is 2.29. The van der Waals surface area contributed by atoms with Crippen molar-refractivity contribution < 1.29 is 9.59 Å². The smallest absolute Gasteiger partial charge is 0.252 e. The van der Waals surface area contributed by atoms with E-state index in [1.54, 1.807) is 34.7 Å². The van der Waals surface area contributed by atoms with Crippen LogP contribution in [-0.4, -0.2) is 74.9 Å². The quantitative estimate of drug-likeness (QED) is 0.452. The summed E-state index contributed by atoms with van der Waals surface area (Å²) >= 11 is 0. The van der Waals surface area contributed by atoms with Gasteiger partial charge >= 0.3 is 0 Å². The first-order valence-electron chi connectivity index (χ1n) is 14.0. The van der Waals surface area contributed by atoms with E-state index in [-0.39, 0.29) is 23.4 Å². The summed E-state index contributed by atoms with van der Waals surface area (Å²) in [4.78, 5) is 51.2. The number of carbonyl (C=O) groups excluding carboxylic acids is 2. The molecule has 0 spiro atoms. The van der Waals surface area contributed by atoms with Gasteiger partial charge in [-0.25, -0.2) is 4.98 Å². The number of pyridine rings is 1. The molecule has 5 rings (SSSR count). The number of amides is 2. The Bertz CT molecular complexity index is 1410. The molecule has 0 saturated carbocycles. The number of nitrogens with zero attached hydrogens (tertiary/aromatic N) is 6. The number of hydrogen-bond donors (Lipinski definition) is 1. The Labute approximate surface area is 235 Å². The van der Waals surface area contributed by atoms with Crippen LogP contribution in [0.4, 0.5) is 17.3 Å². The van der Waals surface area contributed by atoms with Gasteiger partial charge in [-0.3, -0.25) is 19.0 Å². The van der Waals surface area contributed by atoms with Gasteiger partial charge in [0.15, 0.2) is 0 Å². The molecule has 2 aliphatic rings. The number of piperazine rings is 1. The summed E-state index contributed by atoms with van der Waals surface area (Å²) in [5, 5.41) is 4.05. The first-order valence-corrected chi connectivity index (χ1v) is 14.0. The maximum atomic E-state index is 12.7. The second kappa shape index (κ2) is 12.8. The Kier molecular flexibility index (Phi) is 9.19. The van der Waals surface area contributed by atoms with E-state index in [1.807, 2.05) is 30.9 Å². The fraction of sp³-hybridized carbons (Fsp3) is 0.433. The van der Waals surface area contributed by atoms with Crippen LogP contribution in [0.15, 0.2) is 60.0 Å². The molecular formula is C30H39N7O3. The molecule has 0 radical (unpaired) electrons. The van der Waals surface area contributed by atoms with E-state index in [0.29, 0.717) is 43.7 Å². The lowest BCUT2D eigenvalue weighted by Crippen LogP contribution is -2.53. The molecule has 1 atom stereocenters. The van der Waals surface area contributed by atoms with Gasteiger partial charge in [-0.15, -0.1) is 0 Å². The van der Waals surface area contributed by atoms with Crippen LogP contribution in [0.3, 0.4) is 0 Å². The fourth-order valence-electron chi connectivity index (χ4n) is 5.21. The van der Waals surface area contributed by atoms with Crippen molar-refractivity contribution in [3.63, 3.8) is 0 Å². The van der Waals surface area contributed by atoms with Gasteiger partial charge in [0.25, 0.3) is 5.56 Å². The van der Waals surface area contributed by atoms with Gasteiger partial charge < -0.3 is 20.0 Å². The molecule has 1 N–H and O–H groups in total. The van der Waals surface area contributed by atoms with E-state index in [0.717, 1.165) is 36.3 Å². The molecule has 2 aliphatic heterocycles. The Morgan fingerprint density at radius 1 is 1.05 bits per heavy atom. The number of carbonyl (C=O) groups is 2. The third-order valence-corrected chi connectivity index (χ3v) is 7.46. The van der Waals surface area contributed by atoms with Gasteiger partial charge in [0.2, 0.25) is 17.8 Å². The van der Waals surface area contributed by atoms with Crippen LogP contribution in [0, 0.1) is 5.92 Å². The number of likely N-dealkylation sites (tertiary alicyclic amines) is 1. The number of fused-ring (bicyclic) bond motifs is 1. The first kappa shape index (κ1) is 28.8. The summed E-state index contributed by atoms with van der Waals surface area (Å²) in [5.41, 5.74) is 2.42. The molecule has 0 bridgehead atoms. The molecular weight excluding hydrogens is 506 g/mol. The SMILES string of the molecule is C=CC(=O)N1CC(CCn2c(=O)ccc3cnc(Nc4ccc(N5CCN(C(C)=O)CC5C)cc4)nc32)C1.CC. The Hall–Kier alpha value is -4.21. The van der Waals surface area contributed by atoms with E-state index >= 15 is 0 Å². The molecule has 3 aromatic rings. The summed E-state index contributed by atoms with van der Waals surface area (Å²) in [5.74, 6) is 0.836. The van der Waals surface area contributed by atoms with Gasteiger partial charge in [-0.2, -0.15) is 4.98 Å². The second-order valence-corrected chi connectivity index (χ2v) is 10.1. The minimum atomic E-state index is -0.108. The predicted octanol–water partition coefficient (Wildman–Crippen LogP) is 3.65. The van der Waals surface area contributed by atoms with Gasteiger partial charge in [0, 0.05) is 81.3 Å². The van der Waals surface area contributed by atoms with Crippen LogP contribution in [-0.2, 0) is 16.1 Å². The van der Waals surface area contributed by atoms with Crippen molar-refractivity contribution in [2.75, 3.05) is 42.9 Å². The molecule has 212 valence electrons. The monoisotopic (exact) mass is 545 g/mol. The Morgan fingerprint density at radius 2 is 1.77 bits per heavy atom. The minimum absolute atomic E-state index is 0.0508. The highest BCUT2D eigenvalue weighted by Crippen LogP contribution is 2.25. The molecule has 40 heavy (non-hydrogen) atoms. The molecule has 1 unspecified atom stereocenters. The Balaban J connectivity index is 0.00000181. The van der Waals surface area contributed by atoms with Gasteiger partial charge in [0.1, 0.15) is 5.65 Å². The molecule has 2 saturated heterocycles. The van der Waals surface area contributed by atoms with Crippen LogP contribution < -0.4 is 15.8 Å². The molecule has 10 heteroatoms. The second-order valence-electron chi connectivity index (χ2n) is 10.1. The van der Waals surface area contributed by atoms with Gasteiger partial charge in [-0.1, -0.05) is 20.4 Å². The molecule has 2 fully saturated rings. The van der Waals surface area contributed by atoms with Crippen molar-refractivity contribution in [2.45, 2.75) is 46.7 Å². The van der Waals surface area contributed by atoms with Crippen LogP contribution >= 0.6 is 0 Å². The van der Waals surface area contributed by atoms with E-state index in [4.69, 9.17) is 0 Å². The van der Waals surface area contributed by atoms with E-state index in [1.165, 1.54) is 6.08 Å². The number of nitrogens with one attached hydrogen (secondary N) is 1. The zero-order valence-electron chi connectivity index (χ0n) is 23.8. The van der Waals surface area contributed by atoms with E-state index in [2.05, 4.69) is 45.8 Å². The molecule has 2 amide bonds. The summed E-state index contributed by atoms with van der Waals surface area (Å²) in [6.07, 6.45) is 3.84. The Morgan fingerprint density at radius 3 is 2.42 bits per heavy atom.